The largest absolute Gasteiger partial charge is 0.490 e. The number of piperidine rings is 1. The SMILES string of the molecule is CC(C)(C)OC(=O)N1CC[C@@]2(Cc3ccc(Cl)cc3)c3c(F)ccc(F)c3OC[C@H]2C1. The van der Waals surface area contributed by atoms with E-state index in [0.717, 1.165) is 17.7 Å². The quantitative estimate of drug-likeness (QED) is 0.586. The van der Waals surface area contributed by atoms with Gasteiger partial charge in [0.15, 0.2) is 11.6 Å². The molecule has 4 rings (SSSR count). The Labute approximate surface area is 186 Å². The number of fused-ring (bicyclic) bond motifs is 3. The summed E-state index contributed by atoms with van der Waals surface area (Å²) >= 11 is 6.04. The van der Waals surface area contributed by atoms with Gasteiger partial charge < -0.3 is 14.4 Å². The van der Waals surface area contributed by atoms with Crippen molar-refractivity contribution >= 4 is 17.7 Å². The molecule has 0 aromatic heterocycles. The molecule has 0 radical (unpaired) electrons. The number of nitrogens with zero attached hydrogens (tertiary/aromatic N) is 1. The molecule has 2 atom stereocenters. The van der Waals surface area contributed by atoms with Crippen molar-refractivity contribution in [2.75, 3.05) is 19.7 Å². The highest BCUT2D eigenvalue weighted by Crippen LogP contribution is 2.51. The molecule has 2 heterocycles. The van der Waals surface area contributed by atoms with Crippen LogP contribution in [0.5, 0.6) is 5.75 Å². The number of amides is 1. The van der Waals surface area contributed by atoms with Crippen LogP contribution in [0.1, 0.15) is 38.3 Å². The van der Waals surface area contributed by atoms with Crippen molar-refractivity contribution in [3.63, 3.8) is 0 Å². The standard InChI is InChI=1S/C24H26ClF2NO3/c1-23(2,3)31-22(29)28-11-10-24(12-15-4-6-17(25)7-5-15)16(13-28)14-30-21-19(27)9-8-18(26)20(21)24/h4-9,16H,10-14H2,1-3H3/t16-,24+/m1/s1. The van der Waals surface area contributed by atoms with Gasteiger partial charge in [0.25, 0.3) is 0 Å². The molecule has 2 aromatic rings. The van der Waals surface area contributed by atoms with Crippen LogP contribution in [-0.2, 0) is 16.6 Å². The summed E-state index contributed by atoms with van der Waals surface area (Å²) in [5, 5.41) is 0.613. The Bertz CT molecular complexity index is 990. The van der Waals surface area contributed by atoms with Gasteiger partial charge in [-0.05, 0) is 63.4 Å². The zero-order valence-corrected chi connectivity index (χ0v) is 18.6. The molecule has 2 aromatic carbocycles. The molecular weight excluding hydrogens is 424 g/mol. The molecule has 0 aliphatic carbocycles. The molecule has 0 saturated carbocycles. The van der Waals surface area contributed by atoms with E-state index in [0.29, 0.717) is 31.0 Å². The minimum absolute atomic E-state index is 0.0177. The van der Waals surface area contributed by atoms with Crippen LogP contribution in [0.3, 0.4) is 0 Å². The lowest BCUT2D eigenvalue weighted by Crippen LogP contribution is -2.57. The summed E-state index contributed by atoms with van der Waals surface area (Å²) in [6.07, 6.45) is 0.558. The molecule has 31 heavy (non-hydrogen) atoms. The first-order valence-electron chi connectivity index (χ1n) is 10.4. The second-order valence-electron chi connectivity index (χ2n) is 9.38. The van der Waals surface area contributed by atoms with Gasteiger partial charge in [-0.25, -0.2) is 13.6 Å². The number of likely N-dealkylation sites (tertiary alicyclic amines) is 1. The maximum absolute atomic E-state index is 15.1. The molecule has 1 saturated heterocycles. The van der Waals surface area contributed by atoms with E-state index in [1.807, 2.05) is 32.9 Å². The van der Waals surface area contributed by atoms with Crippen molar-refractivity contribution in [1.29, 1.82) is 0 Å². The molecule has 0 spiro atoms. The van der Waals surface area contributed by atoms with Gasteiger partial charge in [-0.2, -0.15) is 0 Å². The van der Waals surface area contributed by atoms with E-state index >= 15 is 4.39 Å². The second kappa shape index (κ2) is 7.97. The molecule has 2 aliphatic rings. The van der Waals surface area contributed by atoms with E-state index in [1.54, 1.807) is 17.0 Å². The van der Waals surface area contributed by atoms with Crippen molar-refractivity contribution < 1.29 is 23.0 Å². The van der Waals surface area contributed by atoms with Crippen LogP contribution in [0.2, 0.25) is 5.02 Å². The van der Waals surface area contributed by atoms with Gasteiger partial charge in [0.2, 0.25) is 0 Å². The van der Waals surface area contributed by atoms with Crippen LogP contribution in [0, 0.1) is 17.6 Å². The zero-order chi connectivity index (χ0) is 22.4. The van der Waals surface area contributed by atoms with E-state index in [1.165, 1.54) is 0 Å². The van der Waals surface area contributed by atoms with Gasteiger partial charge in [-0.3, -0.25) is 0 Å². The van der Waals surface area contributed by atoms with Crippen molar-refractivity contribution in [2.24, 2.45) is 5.92 Å². The maximum atomic E-state index is 15.1. The summed E-state index contributed by atoms with van der Waals surface area (Å²) in [6, 6.07) is 9.65. The van der Waals surface area contributed by atoms with Crippen LogP contribution in [0.4, 0.5) is 13.6 Å². The third-order valence-corrected chi connectivity index (χ3v) is 6.37. The third kappa shape index (κ3) is 4.22. The summed E-state index contributed by atoms with van der Waals surface area (Å²) in [5.74, 6) is -1.29. The molecule has 1 fully saturated rings. The normalized spacial score (nSPS) is 22.9. The van der Waals surface area contributed by atoms with Crippen LogP contribution in [0.25, 0.3) is 0 Å². The van der Waals surface area contributed by atoms with Crippen molar-refractivity contribution in [1.82, 2.24) is 4.90 Å². The summed E-state index contributed by atoms with van der Waals surface area (Å²) in [4.78, 5) is 14.3. The minimum atomic E-state index is -0.702. The first-order chi connectivity index (χ1) is 14.6. The van der Waals surface area contributed by atoms with E-state index in [-0.39, 0.29) is 23.8 Å². The predicted molar refractivity (Wildman–Crippen MR) is 115 cm³/mol. The van der Waals surface area contributed by atoms with Crippen LogP contribution < -0.4 is 4.74 Å². The Hall–Kier alpha value is -2.34. The molecule has 1 amide bonds. The molecule has 0 bridgehead atoms. The van der Waals surface area contributed by atoms with E-state index in [2.05, 4.69) is 0 Å². The smallest absolute Gasteiger partial charge is 0.410 e. The lowest BCUT2D eigenvalue weighted by molar-refractivity contribution is -0.00783. The first-order valence-corrected chi connectivity index (χ1v) is 10.8. The predicted octanol–water partition coefficient (Wildman–Crippen LogP) is 5.75. The number of carbonyl (C=O) groups excluding carboxylic acids is 1. The molecule has 4 nitrogen and oxygen atoms in total. The Morgan fingerprint density at radius 3 is 2.55 bits per heavy atom. The van der Waals surface area contributed by atoms with Gasteiger partial charge in [-0.15, -0.1) is 0 Å². The molecule has 166 valence electrons. The number of halogens is 3. The van der Waals surface area contributed by atoms with Gasteiger partial charge in [-0.1, -0.05) is 23.7 Å². The van der Waals surface area contributed by atoms with E-state index in [9.17, 15) is 9.18 Å². The molecule has 7 heteroatoms. The average Bonchev–Trinajstić information content (AvgIpc) is 2.70. The first kappa shape index (κ1) is 21.9. The van der Waals surface area contributed by atoms with Crippen molar-refractivity contribution in [3.8, 4) is 5.75 Å². The maximum Gasteiger partial charge on any atom is 0.410 e. The Kier molecular flexibility index (Phi) is 5.63. The summed E-state index contributed by atoms with van der Waals surface area (Å²) in [5.41, 5.74) is -0.0782. The molecule has 0 N–H and O–H groups in total. The fraction of sp³-hybridized carbons (Fsp3) is 0.458. The summed E-state index contributed by atoms with van der Waals surface area (Å²) in [6.45, 7) is 6.37. The van der Waals surface area contributed by atoms with Crippen LogP contribution in [0.15, 0.2) is 36.4 Å². The highest BCUT2D eigenvalue weighted by molar-refractivity contribution is 6.30. The average molecular weight is 450 g/mol. The highest BCUT2D eigenvalue weighted by Gasteiger charge is 2.52. The van der Waals surface area contributed by atoms with Crippen molar-refractivity contribution in [3.05, 3.63) is 64.2 Å². The monoisotopic (exact) mass is 449 g/mol. The number of ether oxygens (including phenoxy) is 2. The second-order valence-corrected chi connectivity index (χ2v) is 9.81. The van der Waals surface area contributed by atoms with Gasteiger partial charge in [0, 0.05) is 35.0 Å². The van der Waals surface area contributed by atoms with Crippen LogP contribution in [-0.4, -0.2) is 36.3 Å². The van der Waals surface area contributed by atoms with Crippen molar-refractivity contribution in [2.45, 2.75) is 44.6 Å². The van der Waals surface area contributed by atoms with E-state index in [4.69, 9.17) is 21.1 Å². The Morgan fingerprint density at radius 1 is 1.19 bits per heavy atom. The summed E-state index contributed by atoms with van der Waals surface area (Å²) < 4.78 is 40.9. The fourth-order valence-corrected chi connectivity index (χ4v) is 4.84. The van der Waals surface area contributed by atoms with Crippen LogP contribution >= 0.6 is 11.6 Å². The van der Waals surface area contributed by atoms with E-state index < -0.39 is 28.7 Å². The third-order valence-electron chi connectivity index (χ3n) is 6.12. The van der Waals surface area contributed by atoms with Gasteiger partial charge in [0.1, 0.15) is 11.4 Å². The number of rotatable bonds is 2. The lowest BCUT2D eigenvalue weighted by atomic mass is 9.61. The number of hydrogen-bond donors (Lipinski definition) is 0. The summed E-state index contributed by atoms with van der Waals surface area (Å²) in [7, 11) is 0. The van der Waals surface area contributed by atoms with Gasteiger partial charge >= 0.3 is 6.09 Å². The Morgan fingerprint density at radius 2 is 1.87 bits per heavy atom. The zero-order valence-electron chi connectivity index (χ0n) is 17.9. The molecule has 2 aliphatic heterocycles. The number of benzene rings is 2. The van der Waals surface area contributed by atoms with Gasteiger partial charge in [0.05, 0.1) is 6.61 Å². The molecular formula is C24H26ClF2NO3. The highest BCUT2D eigenvalue weighted by atomic mass is 35.5. The number of carbonyl (C=O) groups is 1. The lowest BCUT2D eigenvalue weighted by Gasteiger charge is -2.51. The minimum Gasteiger partial charge on any atom is -0.490 e. The number of hydrogen-bond acceptors (Lipinski definition) is 3. The molecule has 0 unspecified atom stereocenters. The topological polar surface area (TPSA) is 38.8 Å². The Balaban J connectivity index is 1.73. The fourth-order valence-electron chi connectivity index (χ4n) is 4.71.